The standard InChI is InChI=1S/C8H17N3S/c1-10-4-3-5-11(2)7(6-10)8(9)12/h7H,3-6H2,1-2H3,(H2,9,12). The van der Waals surface area contributed by atoms with E-state index in [9.17, 15) is 0 Å². The SMILES string of the molecule is CN1CCCN(C)C(C(N)=S)C1. The van der Waals surface area contributed by atoms with Crippen molar-refractivity contribution in [2.75, 3.05) is 33.7 Å². The second-order valence-electron chi connectivity index (χ2n) is 3.51. The normalized spacial score (nSPS) is 28.3. The van der Waals surface area contributed by atoms with E-state index in [0.29, 0.717) is 4.99 Å². The summed E-state index contributed by atoms with van der Waals surface area (Å²) >= 11 is 5.02. The molecule has 0 saturated carbocycles. The van der Waals surface area contributed by atoms with Crippen LogP contribution in [0.4, 0.5) is 0 Å². The summed E-state index contributed by atoms with van der Waals surface area (Å²) < 4.78 is 0. The van der Waals surface area contributed by atoms with Crippen molar-refractivity contribution in [2.24, 2.45) is 5.73 Å². The number of nitrogens with zero attached hydrogens (tertiary/aromatic N) is 2. The minimum Gasteiger partial charge on any atom is -0.392 e. The highest BCUT2D eigenvalue weighted by atomic mass is 32.1. The first-order valence-corrected chi connectivity index (χ1v) is 4.70. The smallest absolute Gasteiger partial charge is 0.0915 e. The average molecular weight is 187 g/mol. The van der Waals surface area contributed by atoms with E-state index in [1.54, 1.807) is 0 Å². The first-order valence-electron chi connectivity index (χ1n) is 4.29. The van der Waals surface area contributed by atoms with Gasteiger partial charge in [-0.25, -0.2) is 0 Å². The average Bonchev–Trinajstić information content (AvgIpc) is 2.13. The molecule has 0 spiro atoms. The van der Waals surface area contributed by atoms with Crippen molar-refractivity contribution in [1.82, 2.24) is 9.80 Å². The van der Waals surface area contributed by atoms with Gasteiger partial charge in [0.05, 0.1) is 11.0 Å². The highest BCUT2D eigenvalue weighted by Gasteiger charge is 2.21. The molecule has 4 heteroatoms. The maximum absolute atomic E-state index is 5.65. The predicted molar refractivity (Wildman–Crippen MR) is 55.3 cm³/mol. The molecule has 1 fully saturated rings. The van der Waals surface area contributed by atoms with Gasteiger partial charge in [0.2, 0.25) is 0 Å². The lowest BCUT2D eigenvalue weighted by molar-refractivity contribution is 0.280. The fourth-order valence-electron chi connectivity index (χ4n) is 1.58. The van der Waals surface area contributed by atoms with Crippen LogP contribution in [0.2, 0.25) is 0 Å². The summed E-state index contributed by atoms with van der Waals surface area (Å²) in [6, 6.07) is 0.257. The molecule has 12 heavy (non-hydrogen) atoms. The molecule has 2 N–H and O–H groups in total. The molecule has 1 aliphatic rings. The van der Waals surface area contributed by atoms with Crippen LogP contribution in [-0.4, -0.2) is 54.6 Å². The third kappa shape index (κ3) is 2.40. The van der Waals surface area contributed by atoms with Gasteiger partial charge in [-0.05, 0) is 33.6 Å². The Morgan fingerprint density at radius 2 is 2.08 bits per heavy atom. The lowest BCUT2D eigenvalue weighted by atomic mass is 10.2. The largest absolute Gasteiger partial charge is 0.392 e. The minimum atomic E-state index is 0.257. The van der Waals surface area contributed by atoms with Crippen LogP contribution >= 0.6 is 12.2 Å². The van der Waals surface area contributed by atoms with Crippen LogP contribution in [0, 0.1) is 0 Å². The molecule has 0 aromatic heterocycles. The third-order valence-corrected chi connectivity index (χ3v) is 2.67. The van der Waals surface area contributed by atoms with Gasteiger partial charge in [0, 0.05) is 6.54 Å². The van der Waals surface area contributed by atoms with E-state index in [1.807, 2.05) is 0 Å². The van der Waals surface area contributed by atoms with Gasteiger partial charge in [-0.2, -0.15) is 0 Å². The molecule has 0 radical (unpaired) electrons. The topological polar surface area (TPSA) is 32.5 Å². The highest BCUT2D eigenvalue weighted by molar-refractivity contribution is 7.80. The van der Waals surface area contributed by atoms with Crippen molar-refractivity contribution in [3.8, 4) is 0 Å². The number of hydrogen-bond donors (Lipinski definition) is 1. The highest BCUT2D eigenvalue weighted by Crippen LogP contribution is 2.06. The molecule has 1 heterocycles. The first-order chi connectivity index (χ1) is 5.61. The van der Waals surface area contributed by atoms with E-state index in [4.69, 9.17) is 18.0 Å². The maximum atomic E-state index is 5.65. The second-order valence-corrected chi connectivity index (χ2v) is 3.99. The summed E-state index contributed by atoms with van der Waals surface area (Å²) in [5, 5.41) is 0. The maximum Gasteiger partial charge on any atom is 0.0915 e. The molecule has 0 aliphatic carbocycles. The van der Waals surface area contributed by atoms with Crippen LogP contribution in [0.15, 0.2) is 0 Å². The summed E-state index contributed by atoms with van der Waals surface area (Å²) in [5.41, 5.74) is 5.65. The fraction of sp³-hybridized carbons (Fsp3) is 0.875. The molecule has 0 aromatic carbocycles. The van der Waals surface area contributed by atoms with Crippen molar-refractivity contribution in [2.45, 2.75) is 12.5 Å². The van der Waals surface area contributed by atoms with Crippen LogP contribution in [0.25, 0.3) is 0 Å². The number of nitrogens with two attached hydrogens (primary N) is 1. The Balaban J connectivity index is 2.60. The summed E-state index contributed by atoms with van der Waals surface area (Å²) in [5.74, 6) is 0. The first kappa shape index (κ1) is 9.89. The quantitative estimate of drug-likeness (QED) is 0.582. The Kier molecular flexibility index (Phi) is 3.43. The van der Waals surface area contributed by atoms with Gasteiger partial charge in [-0.3, -0.25) is 4.90 Å². The van der Waals surface area contributed by atoms with Crippen molar-refractivity contribution in [1.29, 1.82) is 0 Å². The van der Waals surface area contributed by atoms with Gasteiger partial charge < -0.3 is 10.6 Å². The monoisotopic (exact) mass is 187 g/mol. The Morgan fingerprint density at radius 3 is 2.67 bits per heavy atom. The molecule has 1 saturated heterocycles. The van der Waals surface area contributed by atoms with Crippen LogP contribution in [0.5, 0.6) is 0 Å². The molecule has 3 nitrogen and oxygen atoms in total. The molecule has 0 bridgehead atoms. The van der Waals surface area contributed by atoms with E-state index in [0.717, 1.165) is 19.6 Å². The summed E-state index contributed by atoms with van der Waals surface area (Å²) in [6.45, 7) is 3.20. The van der Waals surface area contributed by atoms with Gasteiger partial charge in [-0.15, -0.1) is 0 Å². The fourth-order valence-corrected chi connectivity index (χ4v) is 1.83. The van der Waals surface area contributed by atoms with Crippen molar-refractivity contribution < 1.29 is 0 Å². The van der Waals surface area contributed by atoms with Crippen LogP contribution < -0.4 is 5.73 Å². The van der Waals surface area contributed by atoms with E-state index in [2.05, 4.69) is 23.9 Å². The minimum absolute atomic E-state index is 0.257. The Morgan fingerprint density at radius 1 is 1.42 bits per heavy atom. The molecule has 1 aliphatic heterocycles. The lowest BCUT2D eigenvalue weighted by Crippen LogP contribution is -2.46. The molecule has 1 unspecified atom stereocenters. The van der Waals surface area contributed by atoms with E-state index < -0.39 is 0 Å². The van der Waals surface area contributed by atoms with Gasteiger partial charge in [0.1, 0.15) is 0 Å². The zero-order valence-electron chi connectivity index (χ0n) is 7.79. The van der Waals surface area contributed by atoms with Crippen LogP contribution in [0.1, 0.15) is 6.42 Å². The van der Waals surface area contributed by atoms with Gasteiger partial charge in [0.25, 0.3) is 0 Å². The predicted octanol–water partition coefficient (Wildman–Crippen LogP) is -0.0916. The van der Waals surface area contributed by atoms with Gasteiger partial charge in [0.15, 0.2) is 0 Å². The number of likely N-dealkylation sites (N-methyl/N-ethyl adjacent to an activating group) is 2. The number of rotatable bonds is 1. The van der Waals surface area contributed by atoms with Crippen molar-refractivity contribution >= 4 is 17.2 Å². The molecule has 0 aromatic rings. The Labute approximate surface area is 79.5 Å². The molecule has 1 atom stereocenters. The third-order valence-electron chi connectivity index (χ3n) is 2.40. The molecule has 70 valence electrons. The molecule has 1 rings (SSSR count). The zero-order chi connectivity index (χ0) is 9.14. The van der Waals surface area contributed by atoms with Crippen molar-refractivity contribution in [3.05, 3.63) is 0 Å². The molecule has 0 amide bonds. The molecular weight excluding hydrogens is 170 g/mol. The number of hydrogen-bond acceptors (Lipinski definition) is 3. The lowest BCUT2D eigenvalue weighted by Gasteiger charge is -2.25. The Bertz CT molecular complexity index is 172. The number of thiocarbonyl (C=S) groups is 1. The van der Waals surface area contributed by atoms with Crippen LogP contribution in [-0.2, 0) is 0 Å². The zero-order valence-corrected chi connectivity index (χ0v) is 8.60. The summed E-state index contributed by atoms with van der Waals surface area (Å²) in [4.78, 5) is 5.14. The van der Waals surface area contributed by atoms with Crippen molar-refractivity contribution in [3.63, 3.8) is 0 Å². The second kappa shape index (κ2) is 4.16. The Hall–Kier alpha value is -0.190. The van der Waals surface area contributed by atoms with E-state index in [1.165, 1.54) is 6.42 Å². The van der Waals surface area contributed by atoms with Gasteiger partial charge in [-0.1, -0.05) is 12.2 Å². The van der Waals surface area contributed by atoms with Crippen LogP contribution in [0.3, 0.4) is 0 Å². The summed E-state index contributed by atoms with van der Waals surface area (Å²) in [6.07, 6.45) is 1.20. The van der Waals surface area contributed by atoms with E-state index >= 15 is 0 Å². The molecular formula is C8H17N3S. The van der Waals surface area contributed by atoms with E-state index in [-0.39, 0.29) is 6.04 Å². The van der Waals surface area contributed by atoms with Gasteiger partial charge >= 0.3 is 0 Å². The summed E-state index contributed by atoms with van der Waals surface area (Å²) in [7, 11) is 4.20.